The van der Waals surface area contributed by atoms with Crippen LogP contribution in [0.15, 0.2) is 18.3 Å². The lowest BCUT2D eigenvalue weighted by molar-refractivity contribution is -0.845. The highest BCUT2D eigenvalue weighted by molar-refractivity contribution is 5.83. The third-order valence-electron chi connectivity index (χ3n) is 1.27. The second-order valence-electron chi connectivity index (χ2n) is 2.21. The van der Waals surface area contributed by atoms with Crippen LogP contribution in [0.5, 0.6) is 0 Å². The normalized spacial score (nSPS) is 9.64. The first kappa shape index (κ1) is 7.65. The van der Waals surface area contributed by atoms with Crippen molar-refractivity contribution < 1.29 is 19.2 Å². The standard InChI is InChI=1S/C7H6FNO2/c1-5-2-3-6(7(10)11)9(8)4-5/h2-4H,1H3/p+1. The minimum Gasteiger partial charge on any atom is -0.473 e. The van der Waals surface area contributed by atoms with E-state index in [9.17, 15) is 9.28 Å². The molecule has 0 aliphatic rings. The minimum absolute atomic E-state index is 0.0949. The van der Waals surface area contributed by atoms with Crippen LogP contribution in [-0.4, -0.2) is 11.1 Å². The maximum atomic E-state index is 12.6. The van der Waals surface area contributed by atoms with Crippen molar-refractivity contribution in [1.82, 2.24) is 0 Å². The highest BCUT2D eigenvalue weighted by Crippen LogP contribution is 1.96. The van der Waals surface area contributed by atoms with Gasteiger partial charge in [-0.15, -0.1) is 0 Å². The summed E-state index contributed by atoms with van der Waals surface area (Å²) in [5.74, 6) is -1.27. The summed E-state index contributed by atoms with van der Waals surface area (Å²) in [7, 11) is 0. The summed E-state index contributed by atoms with van der Waals surface area (Å²) in [6.45, 7) is 1.68. The van der Waals surface area contributed by atoms with Crippen LogP contribution in [0, 0.1) is 6.92 Å². The second kappa shape index (κ2) is 2.65. The molecule has 0 saturated carbocycles. The third-order valence-corrected chi connectivity index (χ3v) is 1.27. The van der Waals surface area contributed by atoms with Crippen LogP contribution in [0.1, 0.15) is 16.1 Å². The Morgan fingerprint density at radius 2 is 2.27 bits per heavy atom. The average molecular weight is 156 g/mol. The SMILES string of the molecule is Cc1ccc(C(=O)O)[n+](F)c1. The van der Waals surface area contributed by atoms with Gasteiger partial charge in [-0.3, -0.25) is 0 Å². The van der Waals surface area contributed by atoms with Crippen molar-refractivity contribution in [3.8, 4) is 0 Å². The zero-order valence-corrected chi connectivity index (χ0v) is 5.91. The van der Waals surface area contributed by atoms with Gasteiger partial charge in [0.25, 0.3) is 0 Å². The maximum absolute atomic E-state index is 12.6. The lowest BCUT2D eigenvalue weighted by Crippen LogP contribution is -2.31. The fourth-order valence-electron chi connectivity index (χ4n) is 0.736. The van der Waals surface area contributed by atoms with Gasteiger partial charge >= 0.3 is 11.7 Å². The lowest BCUT2D eigenvalue weighted by Gasteiger charge is -1.88. The molecule has 0 radical (unpaired) electrons. The van der Waals surface area contributed by atoms with Gasteiger partial charge in [-0.1, -0.05) is 0 Å². The zero-order chi connectivity index (χ0) is 8.43. The number of aromatic carboxylic acids is 1. The number of carboxylic acid groups (broad SMARTS) is 1. The summed E-state index contributed by atoms with van der Waals surface area (Å²) < 4.78 is 12.6. The Kier molecular flexibility index (Phi) is 1.85. The number of hydrogen-bond acceptors (Lipinski definition) is 1. The molecule has 0 spiro atoms. The summed E-state index contributed by atoms with van der Waals surface area (Å²) in [4.78, 5) is 10.4. The minimum atomic E-state index is -1.27. The Morgan fingerprint density at radius 1 is 1.64 bits per heavy atom. The molecule has 1 aromatic rings. The largest absolute Gasteiger partial charge is 0.473 e. The smallest absolute Gasteiger partial charge is 0.405 e. The van der Waals surface area contributed by atoms with E-state index in [1.54, 1.807) is 13.0 Å². The van der Waals surface area contributed by atoms with Gasteiger partial charge in [-0.25, -0.2) is 4.79 Å². The van der Waals surface area contributed by atoms with Gasteiger partial charge in [-0.2, -0.15) is 0 Å². The van der Waals surface area contributed by atoms with Crippen LogP contribution in [0.3, 0.4) is 0 Å². The number of hydrogen-bond donors (Lipinski definition) is 1. The van der Waals surface area contributed by atoms with Crippen LogP contribution >= 0.6 is 0 Å². The Hall–Kier alpha value is -1.45. The Bertz CT molecular complexity index is 298. The molecule has 0 saturated heterocycles. The number of pyridine rings is 1. The first-order valence-corrected chi connectivity index (χ1v) is 3.03. The van der Waals surface area contributed by atoms with E-state index in [-0.39, 0.29) is 10.5 Å². The van der Waals surface area contributed by atoms with Crippen molar-refractivity contribution >= 4 is 5.97 Å². The quantitative estimate of drug-likeness (QED) is 0.650. The number of aromatic nitrogens is 1. The molecule has 3 nitrogen and oxygen atoms in total. The van der Waals surface area contributed by atoms with Gasteiger partial charge in [0.05, 0.1) is 4.48 Å². The zero-order valence-electron chi connectivity index (χ0n) is 5.91. The lowest BCUT2D eigenvalue weighted by atomic mass is 10.3. The van der Waals surface area contributed by atoms with Gasteiger partial charge in [0.15, 0.2) is 0 Å². The number of rotatable bonds is 1. The summed E-state index contributed by atoms with van der Waals surface area (Å²) in [5.41, 5.74) is 0.313. The first-order valence-electron chi connectivity index (χ1n) is 3.03. The summed E-state index contributed by atoms with van der Waals surface area (Å²) in [6.07, 6.45) is 1.11. The molecule has 58 valence electrons. The Balaban J connectivity index is 3.20. The predicted octanol–water partition coefficient (Wildman–Crippen LogP) is 0.713. The molecule has 0 aliphatic heterocycles. The molecule has 1 N–H and O–H groups in total. The highest BCUT2D eigenvalue weighted by Gasteiger charge is 2.18. The van der Waals surface area contributed by atoms with Gasteiger partial charge in [0, 0.05) is 16.4 Å². The van der Waals surface area contributed by atoms with Crippen molar-refractivity contribution in [3.05, 3.63) is 29.6 Å². The summed E-state index contributed by atoms with van der Waals surface area (Å²) in [5, 5.41) is 8.40. The van der Waals surface area contributed by atoms with E-state index in [0.717, 1.165) is 6.20 Å². The number of halogens is 1. The molecular weight excluding hydrogens is 149 g/mol. The molecule has 1 heterocycles. The van der Waals surface area contributed by atoms with Crippen molar-refractivity contribution in [2.45, 2.75) is 6.92 Å². The van der Waals surface area contributed by atoms with E-state index in [1.165, 1.54) is 6.07 Å². The van der Waals surface area contributed by atoms with Crippen LogP contribution in [0.2, 0.25) is 0 Å². The maximum Gasteiger partial charge on any atom is 0.405 e. The van der Waals surface area contributed by atoms with E-state index in [1.807, 2.05) is 0 Å². The molecular formula is C7H7FNO2+. The molecule has 0 aromatic carbocycles. The van der Waals surface area contributed by atoms with Crippen molar-refractivity contribution in [2.75, 3.05) is 0 Å². The second-order valence-corrected chi connectivity index (χ2v) is 2.21. The summed E-state index contributed by atoms with van der Waals surface area (Å²) in [6, 6.07) is 2.76. The van der Waals surface area contributed by atoms with Crippen molar-refractivity contribution in [1.29, 1.82) is 0 Å². The molecule has 0 fully saturated rings. The van der Waals surface area contributed by atoms with Crippen LogP contribution in [-0.2, 0) is 0 Å². The number of aryl methyl sites for hydroxylation is 1. The number of carboxylic acids is 1. The molecule has 0 amide bonds. The molecule has 0 unspecified atom stereocenters. The summed E-state index contributed by atoms with van der Waals surface area (Å²) >= 11 is 0. The Morgan fingerprint density at radius 3 is 2.73 bits per heavy atom. The van der Waals surface area contributed by atoms with Crippen LogP contribution in [0.25, 0.3) is 0 Å². The number of carbonyl (C=O) groups is 1. The van der Waals surface area contributed by atoms with Gasteiger partial charge in [0.1, 0.15) is 0 Å². The molecule has 0 aliphatic carbocycles. The van der Waals surface area contributed by atoms with E-state index in [0.29, 0.717) is 5.56 Å². The molecule has 11 heavy (non-hydrogen) atoms. The van der Waals surface area contributed by atoms with Gasteiger partial charge in [0.2, 0.25) is 6.20 Å². The fraction of sp³-hybridized carbons (Fsp3) is 0.143. The fourth-order valence-corrected chi connectivity index (χ4v) is 0.736. The van der Waals surface area contributed by atoms with Gasteiger partial charge in [-0.05, 0) is 13.0 Å². The van der Waals surface area contributed by atoms with E-state index >= 15 is 0 Å². The van der Waals surface area contributed by atoms with Crippen molar-refractivity contribution in [2.24, 2.45) is 0 Å². The topological polar surface area (TPSA) is 41.2 Å². The van der Waals surface area contributed by atoms with Crippen LogP contribution in [0.4, 0.5) is 4.48 Å². The van der Waals surface area contributed by atoms with Crippen LogP contribution < -0.4 is 4.79 Å². The Labute approximate surface area is 62.6 Å². The third kappa shape index (κ3) is 1.52. The highest BCUT2D eigenvalue weighted by atomic mass is 19.2. The number of nitrogens with zero attached hydrogens (tertiary/aromatic N) is 1. The molecule has 1 rings (SSSR count). The first-order chi connectivity index (χ1) is 5.11. The van der Waals surface area contributed by atoms with E-state index in [4.69, 9.17) is 5.11 Å². The average Bonchev–Trinajstić information content (AvgIpc) is 1.85. The molecule has 0 atom stereocenters. The monoisotopic (exact) mass is 156 g/mol. The molecule has 1 aromatic heterocycles. The van der Waals surface area contributed by atoms with E-state index in [2.05, 4.69) is 0 Å². The predicted molar refractivity (Wildman–Crippen MR) is 34.8 cm³/mol. The van der Waals surface area contributed by atoms with E-state index < -0.39 is 5.97 Å². The molecule has 0 bridgehead atoms. The molecule has 4 heteroatoms. The van der Waals surface area contributed by atoms with Gasteiger partial charge < -0.3 is 5.11 Å². The van der Waals surface area contributed by atoms with Crippen molar-refractivity contribution in [3.63, 3.8) is 0 Å².